The predicted octanol–water partition coefficient (Wildman–Crippen LogP) is 4.27. The van der Waals surface area contributed by atoms with Gasteiger partial charge in [0.2, 0.25) is 0 Å². The first-order valence-corrected chi connectivity index (χ1v) is 10.0. The van der Waals surface area contributed by atoms with Crippen molar-refractivity contribution in [3.63, 3.8) is 0 Å². The molecule has 30 heavy (non-hydrogen) atoms. The molecule has 152 valence electrons. The van der Waals surface area contributed by atoms with Gasteiger partial charge < -0.3 is 4.57 Å². The number of halogens is 1. The monoisotopic (exact) mass is 421 g/mol. The van der Waals surface area contributed by atoms with Crippen LogP contribution >= 0.6 is 12.2 Å². The number of hydrogen-bond donors (Lipinski definition) is 1. The average molecular weight is 421 g/mol. The summed E-state index contributed by atoms with van der Waals surface area (Å²) < 4.78 is 15.4. The van der Waals surface area contributed by atoms with Crippen molar-refractivity contribution in [1.82, 2.24) is 9.88 Å². The summed E-state index contributed by atoms with van der Waals surface area (Å²) >= 11 is 5.19. The Balaban J connectivity index is 1.79. The van der Waals surface area contributed by atoms with Crippen molar-refractivity contribution >= 4 is 51.8 Å². The molecule has 2 amide bonds. The lowest BCUT2D eigenvalue weighted by atomic mass is 10.1. The van der Waals surface area contributed by atoms with Crippen molar-refractivity contribution in [2.45, 2.75) is 20.4 Å². The van der Waals surface area contributed by atoms with E-state index in [1.165, 1.54) is 29.2 Å². The highest BCUT2D eigenvalue weighted by Gasteiger charge is 2.34. The maximum atomic E-state index is 13.3. The summed E-state index contributed by atoms with van der Waals surface area (Å²) in [4.78, 5) is 27.0. The fourth-order valence-corrected chi connectivity index (χ4v) is 3.85. The van der Waals surface area contributed by atoms with Crippen molar-refractivity contribution in [1.29, 1.82) is 0 Å². The van der Waals surface area contributed by atoms with E-state index in [-0.39, 0.29) is 10.7 Å². The van der Waals surface area contributed by atoms with Crippen molar-refractivity contribution in [3.8, 4) is 0 Å². The molecule has 1 aromatic heterocycles. The SMILES string of the molecule is CC(C)Cn1cc(/C=C2/C(=O)NC(=S)N(c3ccc(F)cc3)C2=O)c2ccccc21. The van der Waals surface area contributed by atoms with E-state index < -0.39 is 17.6 Å². The summed E-state index contributed by atoms with van der Waals surface area (Å²) in [6, 6.07) is 13.2. The molecule has 1 saturated heterocycles. The van der Waals surface area contributed by atoms with Gasteiger partial charge in [-0.15, -0.1) is 0 Å². The minimum atomic E-state index is -0.552. The van der Waals surface area contributed by atoms with Crippen molar-refractivity contribution in [3.05, 3.63) is 71.7 Å². The second kappa shape index (κ2) is 7.84. The molecule has 1 fully saturated rings. The molecule has 3 aromatic rings. The lowest BCUT2D eigenvalue weighted by Crippen LogP contribution is -2.54. The quantitative estimate of drug-likeness (QED) is 0.389. The van der Waals surface area contributed by atoms with Crippen LogP contribution in [0, 0.1) is 11.7 Å². The van der Waals surface area contributed by atoms with Crippen LogP contribution < -0.4 is 10.2 Å². The van der Waals surface area contributed by atoms with E-state index in [1.54, 1.807) is 6.08 Å². The Hall–Kier alpha value is -3.32. The summed E-state index contributed by atoms with van der Waals surface area (Å²) in [5.41, 5.74) is 2.17. The van der Waals surface area contributed by atoms with Crippen LogP contribution in [0.15, 0.2) is 60.3 Å². The normalized spacial score (nSPS) is 16.1. The van der Waals surface area contributed by atoms with Crippen molar-refractivity contribution in [2.24, 2.45) is 5.92 Å². The third kappa shape index (κ3) is 3.64. The Morgan fingerprint density at radius 3 is 2.50 bits per heavy atom. The number of amides is 2. The fourth-order valence-electron chi connectivity index (χ4n) is 3.57. The van der Waals surface area contributed by atoms with Gasteiger partial charge in [-0.05, 0) is 54.5 Å². The maximum Gasteiger partial charge on any atom is 0.270 e. The lowest BCUT2D eigenvalue weighted by Gasteiger charge is -2.28. The number of carbonyl (C=O) groups is 2. The minimum absolute atomic E-state index is 0.0274. The molecular formula is C23H20FN3O2S. The van der Waals surface area contributed by atoms with Gasteiger partial charge in [0.15, 0.2) is 5.11 Å². The van der Waals surface area contributed by atoms with Crippen LogP contribution in [0.5, 0.6) is 0 Å². The molecule has 1 aliphatic rings. The molecule has 0 saturated carbocycles. The minimum Gasteiger partial charge on any atom is -0.347 e. The van der Waals surface area contributed by atoms with Gasteiger partial charge in [0.25, 0.3) is 11.8 Å². The fraction of sp³-hybridized carbons (Fsp3) is 0.174. The third-order valence-corrected chi connectivity index (χ3v) is 5.15. The molecular weight excluding hydrogens is 401 g/mol. The van der Waals surface area contributed by atoms with Crippen LogP contribution in [0.1, 0.15) is 19.4 Å². The van der Waals surface area contributed by atoms with E-state index in [2.05, 4.69) is 23.7 Å². The van der Waals surface area contributed by atoms with Crippen LogP contribution in [-0.4, -0.2) is 21.5 Å². The zero-order valence-electron chi connectivity index (χ0n) is 16.6. The van der Waals surface area contributed by atoms with Gasteiger partial charge in [0, 0.05) is 29.2 Å². The highest BCUT2D eigenvalue weighted by atomic mass is 32.1. The molecule has 0 atom stereocenters. The summed E-state index contributed by atoms with van der Waals surface area (Å²) in [6.45, 7) is 5.08. The number of rotatable bonds is 4. The smallest absolute Gasteiger partial charge is 0.270 e. The second-order valence-corrected chi connectivity index (χ2v) is 7.97. The lowest BCUT2D eigenvalue weighted by molar-refractivity contribution is -0.122. The zero-order chi connectivity index (χ0) is 21.4. The highest BCUT2D eigenvalue weighted by molar-refractivity contribution is 7.80. The number of anilines is 1. The molecule has 0 radical (unpaired) electrons. The number of para-hydroxylation sites is 1. The number of carbonyl (C=O) groups excluding carboxylic acids is 2. The number of hydrogen-bond acceptors (Lipinski definition) is 3. The highest BCUT2D eigenvalue weighted by Crippen LogP contribution is 2.27. The summed E-state index contributed by atoms with van der Waals surface area (Å²) in [5.74, 6) is -1.08. The van der Waals surface area contributed by atoms with Gasteiger partial charge in [-0.3, -0.25) is 19.8 Å². The molecule has 2 heterocycles. The number of nitrogens with zero attached hydrogens (tertiary/aromatic N) is 2. The average Bonchev–Trinajstić information content (AvgIpc) is 3.03. The number of benzene rings is 2. The molecule has 0 bridgehead atoms. The Bertz CT molecular complexity index is 1190. The Morgan fingerprint density at radius 1 is 1.10 bits per heavy atom. The van der Waals surface area contributed by atoms with Gasteiger partial charge in [0.05, 0.1) is 5.69 Å². The van der Waals surface area contributed by atoms with Gasteiger partial charge in [-0.2, -0.15) is 0 Å². The Labute approximate surface area is 178 Å². The van der Waals surface area contributed by atoms with Crippen molar-refractivity contribution < 1.29 is 14.0 Å². The number of aromatic nitrogens is 1. The summed E-state index contributed by atoms with van der Waals surface area (Å²) in [6.07, 6.45) is 3.54. The Morgan fingerprint density at radius 2 is 1.80 bits per heavy atom. The largest absolute Gasteiger partial charge is 0.347 e. The molecule has 0 aliphatic carbocycles. The van der Waals surface area contributed by atoms with Crippen LogP contribution in [0.3, 0.4) is 0 Å². The van der Waals surface area contributed by atoms with Gasteiger partial charge in [-0.25, -0.2) is 4.39 Å². The molecule has 0 spiro atoms. The number of nitrogens with one attached hydrogen (secondary N) is 1. The summed E-state index contributed by atoms with van der Waals surface area (Å²) in [5, 5.41) is 3.48. The van der Waals surface area contributed by atoms with Gasteiger partial charge in [0.1, 0.15) is 11.4 Å². The van der Waals surface area contributed by atoms with E-state index in [9.17, 15) is 14.0 Å². The van der Waals surface area contributed by atoms with E-state index in [4.69, 9.17) is 12.2 Å². The van der Waals surface area contributed by atoms with E-state index >= 15 is 0 Å². The number of fused-ring (bicyclic) bond motifs is 1. The molecule has 4 rings (SSSR count). The third-order valence-electron chi connectivity index (χ3n) is 4.87. The predicted molar refractivity (Wildman–Crippen MR) is 119 cm³/mol. The zero-order valence-corrected chi connectivity index (χ0v) is 17.4. The molecule has 1 N–H and O–H groups in total. The van der Waals surface area contributed by atoms with Crippen LogP contribution in [0.2, 0.25) is 0 Å². The maximum absolute atomic E-state index is 13.3. The molecule has 1 aliphatic heterocycles. The van der Waals surface area contributed by atoms with E-state index in [0.29, 0.717) is 11.6 Å². The van der Waals surface area contributed by atoms with Crippen LogP contribution in [-0.2, 0) is 16.1 Å². The first-order valence-electron chi connectivity index (χ1n) is 9.60. The molecule has 7 heteroatoms. The van der Waals surface area contributed by atoms with Crippen LogP contribution in [0.25, 0.3) is 17.0 Å². The topological polar surface area (TPSA) is 54.3 Å². The standard InChI is InChI=1S/C23H20FN3O2S/c1-14(2)12-26-13-15(18-5-3-4-6-20(18)26)11-19-21(28)25-23(30)27(22(19)29)17-9-7-16(24)8-10-17/h3-11,13-14H,12H2,1-2H3,(H,25,28,30)/b19-11-. The molecule has 2 aromatic carbocycles. The summed E-state index contributed by atoms with van der Waals surface area (Å²) in [7, 11) is 0. The van der Waals surface area contributed by atoms with Crippen LogP contribution in [0.4, 0.5) is 10.1 Å². The second-order valence-electron chi connectivity index (χ2n) is 7.58. The molecule has 5 nitrogen and oxygen atoms in total. The number of thiocarbonyl (C=S) groups is 1. The van der Waals surface area contributed by atoms with Gasteiger partial charge >= 0.3 is 0 Å². The van der Waals surface area contributed by atoms with E-state index in [1.807, 2.05) is 30.5 Å². The molecule has 0 unspecified atom stereocenters. The first kappa shape index (κ1) is 20.0. The first-order chi connectivity index (χ1) is 14.3. The van der Waals surface area contributed by atoms with Crippen molar-refractivity contribution in [2.75, 3.05) is 4.90 Å². The van der Waals surface area contributed by atoms with Gasteiger partial charge in [-0.1, -0.05) is 32.0 Å². The van der Waals surface area contributed by atoms with E-state index in [0.717, 1.165) is 23.0 Å². The Kier molecular flexibility index (Phi) is 5.22.